The minimum atomic E-state index is -0.510. The molecule has 1 amide bonds. The van der Waals surface area contributed by atoms with Gasteiger partial charge in [0.05, 0.1) is 11.9 Å². The monoisotopic (exact) mass is 259 g/mol. The van der Waals surface area contributed by atoms with Crippen molar-refractivity contribution in [2.75, 3.05) is 12.3 Å². The minimum Gasteiger partial charge on any atom is -0.392 e. The molecular weight excluding hydrogens is 246 g/mol. The number of hydrogen-bond acceptors (Lipinski definition) is 3. The molecule has 1 rings (SSSR count). The molecule has 5 heteroatoms. The van der Waals surface area contributed by atoms with Crippen LogP contribution in [0.4, 0.5) is 0 Å². The summed E-state index contributed by atoms with van der Waals surface area (Å²) < 4.78 is 0. The fraction of sp³-hybridized carbons (Fsp3) is 0.364. The van der Waals surface area contributed by atoms with Crippen molar-refractivity contribution >= 4 is 29.3 Å². The smallest absolute Gasteiger partial charge is 0.230 e. The summed E-state index contributed by atoms with van der Waals surface area (Å²) in [5.41, 5.74) is 0. The van der Waals surface area contributed by atoms with E-state index >= 15 is 0 Å². The van der Waals surface area contributed by atoms with Crippen LogP contribution in [-0.4, -0.2) is 29.4 Å². The molecule has 0 fully saturated rings. The van der Waals surface area contributed by atoms with E-state index in [1.807, 2.05) is 12.1 Å². The number of nitrogens with one attached hydrogen (secondary N) is 1. The molecule has 0 aliphatic rings. The van der Waals surface area contributed by atoms with Gasteiger partial charge in [-0.3, -0.25) is 4.79 Å². The molecule has 88 valence electrons. The first-order chi connectivity index (χ1) is 7.58. The first-order valence-corrected chi connectivity index (χ1v) is 6.27. The van der Waals surface area contributed by atoms with E-state index in [-0.39, 0.29) is 5.91 Å². The molecule has 1 aromatic carbocycles. The van der Waals surface area contributed by atoms with Crippen LogP contribution in [0.15, 0.2) is 29.2 Å². The lowest BCUT2D eigenvalue weighted by molar-refractivity contribution is -0.118. The predicted octanol–water partition coefficient (Wildman–Crippen LogP) is 1.93. The molecule has 16 heavy (non-hydrogen) atoms. The maximum absolute atomic E-state index is 11.3. The second-order valence-electron chi connectivity index (χ2n) is 3.40. The van der Waals surface area contributed by atoms with Gasteiger partial charge in [0.25, 0.3) is 0 Å². The molecule has 2 N–H and O–H groups in total. The third-order valence-electron chi connectivity index (χ3n) is 1.78. The lowest BCUT2D eigenvalue weighted by atomic mass is 10.4. The number of amides is 1. The van der Waals surface area contributed by atoms with E-state index in [0.717, 1.165) is 4.90 Å². The van der Waals surface area contributed by atoms with Crippen molar-refractivity contribution < 1.29 is 9.90 Å². The van der Waals surface area contributed by atoms with E-state index in [1.54, 1.807) is 19.1 Å². The Morgan fingerprint density at radius 1 is 1.50 bits per heavy atom. The van der Waals surface area contributed by atoms with Crippen molar-refractivity contribution in [1.29, 1.82) is 0 Å². The first-order valence-electron chi connectivity index (χ1n) is 4.91. The van der Waals surface area contributed by atoms with Crippen molar-refractivity contribution in [2.24, 2.45) is 0 Å². The van der Waals surface area contributed by atoms with Gasteiger partial charge in [0.2, 0.25) is 5.91 Å². The zero-order valence-electron chi connectivity index (χ0n) is 8.94. The molecule has 0 unspecified atom stereocenters. The van der Waals surface area contributed by atoms with Crippen LogP contribution in [-0.2, 0) is 4.79 Å². The van der Waals surface area contributed by atoms with Gasteiger partial charge in [-0.25, -0.2) is 0 Å². The third-order valence-corrected chi connectivity index (χ3v) is 3.04. The maximum Gasteiger partial charge on any atom is 0.230 e. The molecule has 0 bridgehead atoms. The number of carbonyl (C=O) groups excluding carboxylic acids is 1. The van der Waals surface area contributed by atoms with Gasteiger partial charge in [-0.2, -0.15) is 0 Å². The summed E-state index contributed by atoms with van der Waals surface area (Å²) in [5.74, 6) is 0.259. The zero-order valence-corrected chi connectivity index (χ0v) is 10.5. The molecule has 0 aliphatic heterocycles. The van der Waals surface area contributed by atoms with Crippen LogP contribution >= 0.6 is 23.4 Å². The van der Waals surface area contributed by atoms with Gasteiger partial charge in [0.15, 0.2) is 0 Å². The lowest BCUT2D eigenvalue weighted by Crippen LogP contribution is -2.31. The van der Waals surface area contributed by atoms with Crippen LogP contribution < -0.4 is 5.32 Å². The van der Waals surface area contributed by atoms with Crippen LogP contribution in [0.3, 0.4) is 0 Å². The van der Waals surface area contributed by atoms with Gasteiger partial charge >= 0.3 is 0 Å². The van der Waals surface area contributed by atoms with E-state index < -0.39 is 6.10 Å². The Labute approximate surface area is 104 Å². The number of hydrogen-bond donors (Lipinski definition) is 2. The second kappa shape index (κ2) is 6.78. The Kier molecular flexibility index (Phi) is 5.66. The van der Waals surface area contributed by atoms with Gasteiger partial charge in [-0.15, -0.1) is 11.8 Å². The van der Waals surface area contributed by atoms with Gasteiger partial charge < -0.3 is 10.4 Å². The van der Waals surface area contributed by atoms with Crippen molar-refractivity contribution in [1.82, 2.24) is 5.32 Å². The van der Waals surface area contributed by atoms with Crippen LogP contribution in [0.25, 0.3) is 0 Å². The van der Waals surface area contributed by atoms with Gasteiger partial charge in [-0.05, 0) is 31.2 Å². The van der Waals surface area contributed by atoms with Gasteiger partial charge in [0, 0.05) is 16.5 Å². The fourth-order valence-electron chi connectivity index (χ4n) is 0.992. The topological polar surface area (TPSA) is 49.3 Å². The molecule has 0 radical (unpaired) electrons. The predicted molar refractivity (Wildman–Crippen MR) is 66.9 cm³/mol. The number of benzene rings is 1. The standard InChI is InChI=1S/C11H14ClNO2S/c1-8(14)6-13-11(15)7-16-10-4-2-9(12)3-5-10/h2-5,8,14H,6-7H2,1H3,(H,13,15)/t8-/m0/s1. The SMILES string of the molecule is C[C@H](O)CNC(=O)CSc1ccc(Cl)cc1. The Morgan fingerprint density at radius 3 is 2.69 bits per heavy atom. The number of thioether (sulfide) groups is 1. The normalized spacial score (nSPS) is 12.2. The van der Waals surface area contributed by atoms with Gasteiger partial charge in [0.1, 0.15) is 0 Å². The van der Waals surface area contributed by atoms with Crippen molar-refractivity contribution in [2.45, 2.75) is 17.9 Å². The first kappa shape index (κ1) is 13.4. The molecule has 0 saturated carbocycles. The van der Waals surface area contributed by atoms with Gasteiger partial charge in [-0.1, -0.05) is 11.6 Å². The summed E-state index contributed by atoms with van der Waals surface area (Å²) in [6.07, 6.45) is -0.510. The van der Waals surface area contributed by atoms with Crippen LogP contribution in [0, 0.1) is 0 Å². The largest absolute Gasteiger partial charge is 0.392 e. The van der Waals surface area contributed by atoms with E-state index in [0.29, 0.717) is 17.3 Å². The summed E-state index contributed by atoms with van der Waals surface area (Å²) in [7, 11) is 0. The molecular formula is C11H14ClNO2S. The molecule has 0 aromatic heterocycles. The molecule has 1 aromatic rings. The summed E-state index contributed by atoms with van der Waals surface area (Å²) in [6.45, 7) is 1.92. The number of aliphatic hydroxyl groups is 1. The van der Waals surface area contributed by atoms with E-state index in [9.17, 15) is 4.79 Å². The highest BCUT2D eigenvalue weighted by Gasteiger charge is 2.03. The Hall–Kier alpha value is -0.710. The fourth-order valence-corrected chi connectivity index (χ4v) is 1.85. The van der Waals surface area contributed by atoms with Crippen molar-refractivity contribution in [3.05, 3.63) is 29.3 Å². The highest BCUT2D eigenvalue weighted by atomic mass is 35.5. The molecule has 0 heterocycles. The highest BCUT2D eigenvalue weighted by Crippen LogP contribution is 2.19. The highest BCUT2D eigenvalue weighted by molar-refractivity contribution is 8.00. The average Bonchev–Trinajstić information content (AvgIpc) is 2.25. The Morgan fingerprint density at radius 2 is 2.12 bits per heavy atom. The molecule has 0 spiro atoms. The van der Waals surface area contributed by atoms with E-state index in [1.165, 1.54) is 11.8 Å². The van der Waals surface area contributed by atoms with Crippen molar-refractivity contribution in [3.8, 4) is 0 Å². The molecule has 3 nitrogen and oxygen atoms in total. The van der Waals surface area contributed by atoms with E-state index in [2.05, 4.69) is 5.32 Å². The van der Waals surface area contributed by atoms with E-state index in [4.69, 9.17) is 16.7 Å². The Balaban J connectivity index is 2.29. The quantitative estimate of drug-likeness (QED) is 0.795. The van der Waals surface area contributed by atoms with Crippen LogP contribution in [0.2, 0.25) is 5.02 Å². The Bertz CT molecular complexity index is 340. The molecule has 0 saturated heterocycles. The number of carbonyl (C=O) groups is 1. The summed E-state index contributed by atoms with van der Waals surface area (Å²) in [6, 6.07) is 7.32. The number of rotatable bonds is 5. The zero-order chi connectivity index (χ0) is 12.0. The second-order valence-corrected chi connectivity index (χ2v) is 4.88. The summed E-state index contributed by atoms with van der Waals surface area (Å²) in [4.78, 5) is 12.3. The summed E-state index contributed by atoms with van der Waals surface area (Å²) >= 11 is 7.18. The molecule has 1 atom stereocenters. The minimum absolute atomic E-state index is 0.0825. The van der Waals surface area contributed by atoms with Crippen LogP contribution in [0.1, 0.15) is 6.92 Å². The summed E-state index contributed by atoms with van der Waals surface area (Å²) in [5, 5.41) is 12.3. The van der Waals surface area contributed by atoms with Crippen molar-refractivity contribution in [3.63, 3.8) is 0 Å². The number of halogens is 1. The lowest BCUT2D eigenvalue weighted by Gasteiger charge is -2.06. The average molecular weight is 260 g/mol. The maximum atomic E-state index is 11.3. The molecule has 0 aliphatic carbocycles. The van der Waals surface area contributed by atoms with Crippen LogP contribution in [0.5, 0.6) is 0 Å². The number of aliphatic hydroxyl groups excluding tert-OH is 1. The third kappa shape index (κ3) is 5.39.